The predicted octanol–water partition coefficient (Wildman–Crippen LogP) is 4.36. The van der Waals surface area contributed by atoms with Crippen LogP contribution < -0.4 is 22.2 Å². The highest BCUT2D eigenvalue weighted by Gasteiger charge is 2.22. The molecule has 1 unspecified atom stereocenters. The molecule has 36 heavy (non-hydrogen) atoms. The van der Waals surface area contributed by atoms with Gasteiger partial charge in [0.1, 0.15) is 22.2 Å². The van der Waals surface area contributed by atoms with Crippen LogP contribution in [0.3, 0.4) is 0 Å². The first-order chi connectivity index (χ1) is 17.1. The van der Waals surface area contributed by atoms with Crippen LogP contribution in [0.1, 0.15) is 42.3 Å². The first-order valence-electron chi connectivity index (χ1n) is 11.1. The maximum atomic E-state index is 13.4. The number of H-pyrrole nitrogens is 1. The lowest BCUT2D eigenvalue weighted by atomic mass is 9.98. The minimum absolute atomic E-state index is 0.128. The molecule has 0 aliphatic heterocycles. The number of nitrogens with two attached hydrogens (primary N) is 1. The van der Waals surface area contributed by atoms with Crippen molar-refractivity contribution in [2.24, 2.45) is 10.7 Å². The third-order valence-corrected chi connectivity index (χ3v) is 6.10. The van der Waals surface area contributed by atoms with E-state index < -0.39 is 5.76 Å². The number of halogens is 1. The molecule has 0 aliphatic rings. The van der Waals surface area contributed by atoms with E-state index in [1.54, 1.807) is 39.1 Å². The molecule has 3 heterocycles. The Morgan fingerprint density at radius 1 is 1.28 bits per heavy atom. The van der Waals surface area contributed by atoms with Gasteiger partial charge in [0.25, 0.3) is 0 Å². The van der Waals surface area contributed by atoms with Gasteiger partial charge in [0.2, 0.25) is 5.82 Å². The van der Waals surface area contributed by atoms with Gasteiger partial charge in [0.05, 0.1) is 22.7 Å². The summed E-state index contributed by atoms with van der Waals surface area (Å²) in [5.41, 5.74) is 10.2. The van der Waals surface area contributed by atoms with Gasteiger partial charge in [-0.3, -0.25) is 19.3 Å². The van der Waals surface area contributed by atoms with Gasteiger partial charge in [0, 0.05) is 30.1 Å². The Hall–Kier alpha value is -4.18. The third-order valence-electron chi connectivity index (χ3n) is 5.89. The minimum Gasteiger partial charge on any atom is -0.455 e. The van der Waals surface area contributed by atoms with Crippen LogP contribution in [-0.4, -0.2) is 27.9 Å². The molecular formula is C25H25ClN6O4. The summed E-state index contributed by atoms with van der Waals surface area (Å²) in [4.78, 5) is 35.8. The standard InChI is InChI=1S/C25H25ClN6O4/c1-11-8-15(14(4)29-18-6-7-19(26)30-20(18)24-31-25(34)36-32-24)23-16(9-11)21(33)12(2)22(35-23)17(10-27)13(3)28-5/h6-10,14,29H,27H2,1-5H3,(H,31,32,34)/b17-10+,28-13?. The Kier molecular flexibility index (Phi) is 6.80. The molecule has 1 atom stereocenters. The van der Waals surface area contributed by atoms with Crippen molar-refractivity contribution < 1.29 is 8.94 Å². The van der Waals surface area contributed by atoms with E-state index >= 15 is 0 Å². The zero-order valence-electron chi connectivity index (χ0n) is 20.4. The normalized spacial score (nSPS) is 13.3. The van der Waals surface area contributed by atoms with Gasteiger partial charge in [0.15, 0.2) is 5.43 Å². The summed E-state index contributed by atoms with van der Waals surface area (Å²) >= 11 is 6.09. The maximum Gasteiger partial charge on any atom is 0.439 e. The lowest BCUT2D eigenvalue weighted by Gasteiger charge is -2.20. The molecule has 0 fully saturated rings. The summed E-state index contributed by atoms with van der Waals surface area (Å²) in [6, 6.07) is 6.71. The van der Waals surface area contributed by atoms with E-state index in [-0.39, 0.29) is 22.4 Å². The molecule has 4 aromatic rings. The van der Waals surface area contributed by atoms with Crippen LogP contribution in [0, 0.1) is 13.8 Å². The van der Waals surface area contributed by atoms with Gasteiger partial charge in [-0.05, 0) is 51.5 Å². The van der Waals surface area contributed by atoms with Crippen molar-refractivity contribution in [3.8, 4) is 11.5 Å². The molecule has 0 bridgehead atoms. The molecule has 186 valence electrons. The average Bonchev–Trinajstić information content (AvgIpc) is 3.29. The van der Waals surface area contributed by atoms with E-state index in [2.05, 4.69) is 30.0 Å². The van der Waals surface area contributed by atoms with Crippen molar-refractivity contribution in [3.63, 3.8) is 0 Å². The second-order valence-corrected chi connectivity index (χ2v) is 8.73. The molecule has 0 amide bonds. The molecule has 0 aliphatic carbocycles. The average molecular weight is 509 g/mol. The number of hydrogen-bond acceptors (Lipinski definition) is 9. The van der Waals surface area contributed by atoms with Crippen LogP contribution in [0.15, 0.2) is 54.0 Å². The number of nitrogens with one attached hydrogen (secondary N) is 2. The minimum atomic E-state index is -0.713. The van der Waals surface area contributed by atoms with Crippen molar-refractivity contribution in [2.45, 2.75) is 33.7 Å². The number of aryl methyl sites for hydroxylation is 1. The van der Waals surface area contributed by atoms with E-state index in [4.69, 9.17) is 21.8 Å². The second kappa shape index (κ2) is 9.82. The van der Waals surface area contributed by atoms with Crippen LogP contribution in [-0.2, 0) is 0 Å². The van der Waals surface area contributed by atoms with Gasteiger partial charge >= 0.3 is 5.76 Å². The first-order valence-corrected chi connectivity index (χ1v) is 11.5. The number of allylic oxidation sites excluding steroid dienone is 1. The van der Waals surface area contributed by atoms with Crippen molar-refractivity contribution in [2.75, 3.05) is 12.4 Å². The number of hydrogen-bond donors (Lipinski definition) is 3. The molecule has 10 nitrogen and oxygen atoms in total. The van der Waals surface area contributed by atoms with Gasteiger partial charge in [-0.15, -0.1) is 0 Å². The highest BCUT2D eigenvalue weighted by Crippen LogP contribution is 2.33. The topological polar surface area (TPSA) is 152 Å². The Labute approximate surface area is 210 Å². The fourth-order valence-electron chi connectivity index (χ4n) is 4.00. The molecule has 0 radical (unpaired) electrons. The van der Waals surface area contributed by atoms with Crippen LogP contribution in [0.4, 0.5) is 5.69 Å². The van der Waals surface area contributed by atoms with Crippen molar-refractivity contribution >= 4 is 39.5 Å². The summed E-state index contributed by atoms with van der Waals surface area (Å²) in [6.45, 7) is 7.33. The fourth-order valence-corrected chi connectivity index (χ4v) is 4.15. The van der Waals surface area contributed by atoms with Gasteiger partial charge in [-0.2, -0.15) is 0 Å². The zero-order valence-corrected chi connectivity index (χ0v) is 21.1. The number of aliphatic imine (C=N–C) groups is 1. The van der Waals surface area contributed by atoms with E-state index in [0.29, 0.717) is 45.0 Å². The highest BCUT2D eigenvalue weighted by molar-refractivity contribution is 6.29. The van der Waals surface area contributed by atoms with E-state index in [1.807, 2.05) is 19.9 Å². The number of pyridine rings is 1. The maximum absolute atomic E-state index is 13.4. The monoisotopic (exact) mass is 508 g/mol. The number of benzene rings is 1. The largest absolute Gasteiger partial charge is 0.455 e. The zero-order chi connectivity index (χ0) is 26.1. The Morgan fingerprint density at radius 2 is 2.03 bits per heavy atom. The molecule has 0 spiro atoms. The van der Waals surface area contributed by atoms with Gasteiger partial charge in [-0.25, -0.2) is 9.78 Å². The Bertz CT molecular complexity index is 1650. The molecule has 4 N–H and O–H groups in total. The lowest BCUT2D eigenvalue weighted by Crippen LogP contribution is -2.15. The molecule has 3 aromatic heterocycles. The number of rotatable bonds is 6. The SMILES string of the molecule is CN=C(C)/C(=C\N)c1oc2c(C(C)Nc3ccc(Cl)nc3-c3noc(=O)[nH]3)cc(C)cc2c(=O)c1C. The molecule has 0 saturated carbocycles. The molecule has 1 aromatic carbocycles. The number of aromatic nitrogens is 3. The number of nitrogens with zero attached hydrogens (tertiary/aromatic N) is 3. The van der Waals surface area contributed by atoms with Crippen LogP contribution in [0.2, 0.25) is 5.15 Å². The number of anilines is 1. The van der Waals surface area contributed by atoms with Crippen LogP contribution in [0.25, 0.3) is 28.1 Å². The van der Waals surface area contributed by atoms with Gasteiger partial charge in [-0.1, -0.05) is 22.8 Å². The Morgan fingerprint density at radius 3 is 2.67 bits per heavy atom. The highest BCUT2D eigenvalue weighted by atomic mass is 35.5. The summed E-state index contributed by atoms with van der Waals surface area (Å²) < 4.78 is 11.0. The van der Waals surface area contributed by atoms with Crippen molar-refractivity contribution in [3.05, 3.63) is 78.8 Å². The van der Waals surface area contributed by atoms with Gasteiger partial charge < -0.3 is 15.5 Å². The molecule has 0 saturated heterocycles. The molecule has 4 rings (SSSR count). The third kappa shape index (κ3) is 4.55. The molecular weight excluding hydrogens is 484 g/mol. The number of fused-ring (bicyclic) bond motifs is 1. The smallest absolute Gasteiger partial charge is 0.439 e. The van der Waals surface area contributed by atoms with Crippen molar-refractivity contribution in [1.29, 1.82) is 0 Å². The van der Waals surface area contributed by atoms with E-state index in [1.165, 1.54) is 6.20 Å². The second-order valence-electron chi connectivity index (χ2n) is 8.35. The molecule has 11 heteroatoms. The Balaban J connectivity index is 1.88. The first kappa shape index (κ1) is 24.9. The van der Waals surface area contributed by atoms with E-state index in [9.17, 15) is 9.59 Å². The fraction of sp³-hybridized carbons (Fsp3) is 0.240. The van der Waals surface area contributed by atoms with E-state index in [0.717, 1.165) is 11.1 Å². The van der Waals surface area contributed by atoms with Crippen LogP contribution in [0.5, 0.6) is 0 Å². The summed E-state index contributed by atoms with van der Waals surface area (Å²) in [6.07, 6.45) is 1.39. The van der Waals surface area contributed by atoms with Crippen molar-refractivity contribution in [1.82, 2.24) is 15.1 Å². The quantitative estimate of drug-likeness (QED) is 0.256. The number of aromatic amines is 1. The summed E-state index contributed by atoms with van der Waals surface area (Å²) in [5.74, 6) is -0.220. The summed E-state index contributed by atoms with van der Waals surface area (Å²) in [7, 11) is 1.65. The predicted molar refractivity (Wildman–Crippen MR) is 141 cm³/mol. The lowest BCUT2D eigenvalue weighted by molar-refractivity contribution is 0.388. The summed E-state index contributed by atoms with van der Waals surface area (Å²) in [5, 5.41) is 7.76. The van der Waals surface area contributed by atoms with Crippen LogP contribution >= 0.6 is 11.6 Å².